The minimum Gasteiger partial charge on any atom is -0.450 e. The molecule has 3 N–H and O–H groups in total. The number of carbonyl (C=O) groups is 1. The lowest BCUT2D eigenvalue weighted by molar-refractivity contribution is 0.0177. The van der Waals surface area contributed by atoms with E-state index in [0.717, 1.165) is 45.2 Å². The fourth-order valence-corrected chi connectivity index (χ4v) is 4.38. The molecule has 8 nitrogen and oxygen atoms in total. The van der Waals surface area contributed by atoms with Crippen LogP contribution in [0.1, 0.15) is 38.1 Å². The summed E-state index contributed by atoms with van der Waals surface area (Å²) in [6.45, 7) is 11.2. The molecule has 2 atom stereocenters. The summed E-state index contributed by atoms with van der Waals surface area (Å²) in [5, 5.41) is 11.9. The van der Waals surface area contributed by atoms with E-state index >= 15 is 0 Å². The van der Waals surface area contributed by atoms with Crippen LogP contribution >= 0.6 is 35.3 Å². The topological polar surface area (TPSA) is 87.2 Å². The van der Waals surface area contributed by atoms with Crippen LogP contribution in [0, 0.1) is 5.92 Å². The lowest BCUT2D eigenvalue weighted by atomic mass is 10.0. The monoisotopic (exact) mass is 567 g/mol. The number of carbonyl (C=O) groups excluding carboxylic acids is 1. The number of amides is 1. The molecule has 1 aliphatic heterocycles. The first-order valence-corrected chi connectivity index (χ1v) is 11.6. The van der Waals surface area contributed by atoms with Crippen LogP contribution in [0.3, 0.4) is 0 Å². The Labute approximate surface area is 207 Å². The van der Waals surface area contributed by atoms with Gasteiger partial charge >= 0.3 is 6.09 Å². The molecule has 0 bridgehead atoms. The Balaban J connectivity index is 0.00000480. The van der Waals surface area contributed by atoms with Gasteiger partial charge in [0.05, 0.1) is 25.9 Å². The zero-order valence-corrected chi connectivity index (χ0v) is 22.2. The van der Waals surface area contributed by atoms with Crippen molar-refractivity contribution in [3.8, 4) is 0 Å². The van der Waals surface area contributed by atoms with Gasteiger partial charge in [-0.25, -0.2) is 4.79 Å². The largest absolute Gasteiger partial charge is 0.450 e. The summed E-state index contributed by atoms with van der Waals surface area (Å²) in [4.78, 5) is 20.0. The molecule has 2 unspecified atom stereocenters. The molecule has 0 radical (unpaired) electrons. The number of aliphatic imine (C=N–C) groups is 1. The molecule has 0 aromatic carbocycles. The molecule has 2 heterocycles. The van der Waals surface area contributed by atoms with Crippen LogP contribution in [0.4, 0.5) is 4.79 Å². The van der Waals surface area contributed by atoms with Crippen LogP contribution in [0.25, 0.3) is 0 Å². The average Bonchev–Trinajstić information content (AvgIpc) is 3.25. The number of nitrogens with zero attached hydrogens (tertiary/aromatic N) is 2. The van der Waals surface area contributed by atoms with Crippen molar-refractivity contribution in [1.29, 1.82) is 0 Å². The third-order valence-corrected chi connectivity index (χ3v) is 5.89. The van der Waals surface area contributed by atoms with Gasteiger partial charge in [0.1, 0.15) is 0 Å². The van der Waals surface area contributed by atoms with Crippen LogP contribution < -0.4 is 16.0 Å². The maximum Gasteiger partial charge on any atom is 0.407 e. The van der Waals surface area contributed by atoms with Gasteiger partial charge in [0, 0.05) is 44.1 Å². The van der Waals surface area contributed by atoms with E-state index in [4.69, 9.17) is 9.47 Å². The average molecular weight is 568 g/mol. The van der Waals surface area contributed by atoms with Crippen molar-refractivity contribution in [2.24, 2.45) is 10.9 Å². The van der Waals surface area contributed by atoms with E-state index in [9.17, 15) is 4.79 Å². The first kappa shape index (κ1) is 27.9. The molecule has 1 aliphatic rings. The van der Waals surface area contributed by atoms with Crippen molar-refractivity contribution in [1.82, 2.24) is 20.9 Å². The first-order valence-electron chi connectivity index (χ1n) is 10.8. The zero-order chi connectivity index (χ0) is 21.8. The Morgan fingerprint density at radius 2 is 2.00 bits per heavy atom. The van der Waals surface area contributed by atoms with Crippen LogP contribution in [0.5, 0.6) is 0 Å². The number of rotatable bonds is 10. The summed E-state index contributed by atoms with van der Waals surface area (Å²) in [6.07, 6.45) is 0.479. The molecule has 1 aromatic rings. The third-order valence-electron chi connectivity index (χ3n) is 4.91. The highest BCUT2D eigenvalue weighted by Crippen LogP contribution is 2.25. The van der Waals surface area contributed by atoms with Gasteiger partial charge in [-0.1, -0.05) is 19.9 Å². The number of thiophene rings is 1. The van der Waals surface area contributed by atoms with Crippen molar-refractivity contribution in [3.63, 3.8) is 0 Å². The number of ether oxygens (including phenoxy) is 2. The van der Waals surface area contributed by atoms with Crippen molar-refractivity contribution < 1.29 is 14.3 Å². The summed E-state index contributed by atoms with van der Waals surface area (Å²) in [7, 11) is 1.76. The molecule has 31 heavy (non-hydrogen) atoms. The second-order valence-electron chi connectivity index (χ2n) is 7.70. The van der Waals surface area contributed by atoms with E-state index in [0.29, 0.717) is 19.1 Å². The van der Waals surface area contributed by atoms with Crippen LogP contribution in [-0.4, -0.2) is 76.0 Å². The van der Waals surface area contributed by atoms with Gasteiger partial charge < -0.3 is 25.4 Å². The van der Waals surface area contributed by atoms with Gasteiger partial charge in [0.2, 0.25) is 0 Å². The molecule has 2 rings (SSSR count). The van der Waals surface area contributed by atoms with Crippen LogP contribution in [0.15, 0.2) is 22.5 Å². The number of morpholine rings is 1. The van der Waals surface area contributed by atoms with E-state index in [2.05, 4.69) is 57.2 Å². The third kappa shape index (κ3) is 10.4. The quantitative estimate of drug-likeness (QED) is 0.229. The summed E-state index contributed by atoms with van der Waals surface area (Å²) in [5.41, 5.74) is 0. The summed E-state index contributed by atoms with van der Waals surface area (Å²) in [5.74, 6) is 1.18. The normalized spacial score (nSPS) is 16.9. The van der Waals surface area contributed by atoms with E-state index < -0.39 is 0 Å². The van der Waals surface area contributed by atoms with Gasteiger partial charge in [-0.3, -0.25) is 9.89 Å². The SMILES string of the molecule is CCOC(=O)NC(CNC(=NC)NCC(c1cccs1)N1CCOCC1)CC(C)C.I. The Bertz CT molecular complexity index is 639. The lowest BCUT2D eigenvalue weighted by Gasteiger charge is -2.34. The van der Waals surface area contributed by atoms with Crippen LogP contribution in [0.2, 0.25) is 0 Å². The van der Waals surface area contributed by atoms with Gasteiger partial charge in [0.25, 0.3) is 0 Å². The number of alkyl carbamates (subject to hydrolysis) is 1. The predicted molar refractivity (Wildman–Crippen MR) is 138 cm³/mol. The number of halogens is 1. The van der Waals surface area contributed by atoms with Crippen molar-refractivity contribution in [3.05, 3.63) is 22.4 Å². The van der Waals surface area contributed by atoms with Crippen molar-refractivity contribution in [2.45, 2.75) is 39.3 Å². The maximum atomic E-state index is 11.8. The molecule has 1 aromatic heterocycles. The van der Waals surface area contributed by atoms with Gasteiger partial charge in [0.15, 0.2) is 5.96 Å². The van der Waals surface area contributed by atoms with E-state index in [1.54, 1.807) is 25.3 Å². The van der Waals surface area contributed by atoms with E-state index in [-0.39, 0.29) is 42.2 Å². The molecule has 1 fully saturated rings. The van der Waals surface area contributed by atoms with Crippen LogP contribution in [-0.2, 0) is 9.47 Å². The Kier molecular flexibility index (Phi) is 14.1. The number of guanidine groups is 1. The summed E-state index contributed by atoms with van der Waals surface area (Å²) in [6, 6.07) is 4.52. The van der Waals surface area contributed by atoms with Crippen molar-refractivity contribution >= 4 is 47.4 Å². The number of hydrogen-bond donors (Lipinski definition) is 3. The molecule has 1 amide bonds. The van der Waals surface area contributed by atoms with Gasteiger partial charge in [-0.05, 0) is 30.7 Å². The standard InChI is InChI=1S/C21H37N5O3S.HI/c1-5-29-21(27)25-17(13-16(2)3)14-23-20(22-4)24-15-18(19-7-6-12-30-19)26-8-10-28-11-9-26;/h6-7,12,16-18H,5,8-11,13-15H2,1-4H3,(H,25,27)(H2,22,23,24);1H. The van der Waals surface area contributed by atoms with E-state index in [1.165, 1.54) is 4.88 Å². The van der Waals surface area contributed by atoms with Gasteiger partial charge in [-0.15, -0.1) is 35.3 Å². The molecular weight excluding hydrogens is 529 g/mol. The zero-order valence-electron chi connectivity index (χ0n) is 19.1. The first-order chi connectivity index (χ1) is 14.5. The Morgan fingerprint density at radius 3 is 2.58 bits per heavy atom. The lowest BCUT2D eigenvalue weighted by Crippen LogP contribution is -2.49. The fraction of sp³-hybridized carbons (Fsp3) is 0.714. The number of hydrogen-bond acceptors (Lipinski definition) is 6. The summed E-state index contributed by atoms with van der Waals surface area (Å²) < 4.78 is 10.6. The van der Waals surface area contributed by atoms with Gasteiger partial charge in [-0.2, -0.15) is 0 Å². The molecule has 0 saturated carbocycles. The number of nitrogens with one attached hydrogen (secondary N) is 3. The second kappa shape index (κ2) is 15.7. The molecular formula is C21H38IN5O3S. The molecule has 0 aliphatic carbocycles. The second-order valence-corrected chi connectivity index (χ2v) is 8.68. The molecule has 178 valence electrons. The Hall–Kier alpha value is -1.11. The summed E-state index contributed by atoms with van der Waals surface area (Å²) >= 11 is 1.78. The van der Waals surface area contributed by atoms with E-state index in [1.807, 2.05) is 0 Å². The van der Waals surface area contributed by atoms with Crippen molar-refractivity contribution in [2.75, 3.05) is 53.0 Å². The maximum absolute atomic E-state index is 11.8. The minimum atomic E-state index is -0.377. The highest BCUT2D eigenvalue weighted by atomic mass is 127. The highest BCUT2D eigenvalue weighted by Gasteiger charge is 2.24. The Morgan fingerprint density at radius 1 is 1.29 bits per heavy atom. The minimum absolute atomic E-state index is 0. The molecule has 10 heteroatoms. The fourth-order valence-electron chi connectivity index (χ4n) is 3.52. The smallest absolute Gasteiger partial charge is 0.407 e. The molecule has 0 spiro atoms. The predicted octanol–water partition coefficient (Wildman–Crippen LogP) is 3.07. The highest BCUT2D eigenvalue weighted by molar-refractivity contribution is 14.0. The molecule has 1 saturated heterocycles.